The van der Waals surface area contributed by atoms with Crippen LogP contribution in [0.25, 0.3) is 0 Å². The summed E-state index contributed by atoms with van der Waals surface area (Å²) in [5.41, 5.74) is -0.287. The van der Waals surface area contributed by atoms with E-state index in [2.05, 4.69) is 5.32 Å². The topological polar surface area (TPSA) is 108 Å². The number of nitro groups is 1. The fourth-order valence-electron chi connectivity index (χ4n) is 2.16. The maximum atomic E-state index is 13.1. The molecule has 28 heavy (non-hydrogen) atoms. The fourth-order valence-corrected chi connectivity index (χ4v) is 2.35. The number of esters is 1. The molecule has 0 aliphatic rings. The van der Waals surface area contributed by atoms with Crippen LogP contribution in [0.1, 0.15) is 24.2 Å². The van der Waals surface area contributed by atoms with Gasteiger partial charge < -0.3 is 14.8 Å². The third-order valence-corrected chi connectivity index (χ3v) is 3.82. The molecule has 0 bridgehead atoms. The monoisotopic (exact) mass is 410 g/mol. The summed E-state index contributed by atoms with van der Waals surface area (Å²) in [4.78, 5) is 34.8. The number of anilines is 1. The number of hydrogen-bond acceptors (Lipinski definition) is 6. The van der Waals surface area contributed by atoms with Gasteiger partial charge in [0, 0.05) is 11.8 Å². The first kappa shape index (κ1) is 21.1. The Labute approximate surface area is 164 Å². The molecular formula is C18H16ClFN2O6. The van der Waals surface area contributed by atoms with Crippen molar-refractivity contribution >= 4 is 34.9 Å². The summed E-state index contributed by atoms with van der Waals surface area (Å²) >= 11 is 5.64. The summed E-state index contributed by atoms with van der Waals surface area (Å²) in [6.07, 6.45) is -1.22. The maximum Gasteiger partial charge on any atom is 0.339 e. The fraction of sp³-hybridized carbons (Fsp3) is 0.222. The summed E-state index contributed by atoms with van der Waals surface area (Å²) in [6.45, 7) is 3.21. The Morgan fingerprint density at radius 2 is 2.00 bits per heavy atom. The van der Waals surface area contributed by atoms with Gasteiger partial charge in [-0.25, -0.2) is 9.18 Å². The van der Waals surface area contributed by atoms with Gasteiger partial charge in [0.05, 0.1) is 22.1 Å². The van der Waals surface area contributed by atoms with Gasteiger partial charge in [0.1, 0.15) is 5.82 Å². The van der Waals surface area contributed by atoms with Gasteiger partial charge >= 0.3 is 11.7 Å². The Hall–Kier alpha value is -3.20. The van der Waals surface area contributed by atoms with Crippen molar-refractivity contribution in [2.45, 2.75) is 20.0 Å². The minimum absolute atomic E-state index is 0.0167. The highest BCUT2D eigenvalue weighted by molar-refractivity contribution is 6.31. The minimum atomic E-state index is -1.22. The van der Waals surface area contributed by atoms with E-state index in [1.807, 2.05) is 0 Å². The van der Waals surface area contributed by atoms with Crippen molar-refractivity contribution in [1.29, 1.82) is 0 Å². The standard InChI is InChI=1S/C18H16ClFN2O6/c1-3-27-16-7-4-11(8-15(16)22(25)26)18(24)28-10(2)17(23)21-12-5-6-14(20)13(19)9-12/h4-10H,3H2,1-2H3,(H,21,23)/t10-/m1/s1. The maximum absolute atomic E-state index is 13.1. The third-order valence-electron chi connectivity index (χ3n) is 3.53. The van der Waals surface area contributed by atoms with Gasteiger partial charge in [-0.05, 0) is 44.2 Å². The number of halogens is 2. The molecule has 1 N–H and O–H groups in total. The molecular weight excluding hydrogens is 395 g/mol. The van der Waals surface area contributed by atoms with Gasteiger partial charge in [0.25, 0.3) is 5.91 Å². The van der Waals surface area contributed by atoms with Crippen LogP contribution in [0.3, 0.4) is 0 Å². The molecule has 1 atom stereocenters. The van der Waals surface area contributed by atoms with Crippen molar-refractivity contribution in [1.82, 2.24) is 0 Å². The number of benzene rings is 2. The zero-order valence-corrected chi connectivity index (χ0v) is 15.7. The Bertz CT molecular complexity index is 921. The van der Waals surface area contributed by atoms with Gasteiger partial charge in [-0.2, -0.15) is 0 Å². The first-order valence-electron chi connectivity index (χ1n) is 8.11. The third kappa shape index (κ3) is 5.17. The molecule has 0 unspecified atom stereocenters. The second kappa shape index (κ2) is 9.14. The predicted molar refractivity (Wildman–Crippen MR) is 99.2 cm³/mol. The molecule has 0 saturated carbocycles. The van der Waals surface area contributed by atoms with Crippen molar-refractivity contribution in [3.63, 3.8) is 0 Å². The molecule has 0 heterocycles. The van der Waals surface area contributed by atoms with E-state index in [1.54, 1.807) is 6.92 Å². The second-order valence-electron chi connectivity index (χ2n) is 5.54. The Morgan fingerprint density at radius 3 is 2.61 bits per heavy atom. The first-order valence-corrected chi connectivity index (χ1v) is 8.48. The van der Waals surface area contributed by atoms with E-state index in [0.29, 0.717) is 0 Å². The van der Waals surface area contributed by atoms with Crippen molar-refractivity contribution in [2.24, 2.45) is 0 Å². The van der Waals surface area contributed by atoms with Gasteiger partial charge in [0.2, 0.25) is 0 Å². The summed E-state index contributed by atoms with van der Waals surface area (Å²) in [5, 5.41) is 13.4. The zero-order valence-electron chi connectivity index (χ0n) is 14.9. The Kier molecular flexibility index (Phi) is 6.89. The van der Waals surface area contributed by atoms with E-state index in [0.717, 1.165) is 12.1 Å². The van der Waals surface area contributed by atoms with Crippen LogP contribution in [0.5, 0.6) is 5.75 Å². The number of carbonyl (C=O) groups is 2. The molecule has 0 aromatic heterocycles. The van der Waals surface area contributed by atoms with E-state index in [9.17, 15) is 24.1 Å². The lowest BCUT2D eigenvalue weighted by Crippen LogP contribution is -2.30. The van der Waals surface area contributed by atoms with Crippen molar-refractivity contribution < 1.29 is 28.4 Å². The number of amides is 1. The highest BCUT2D eigenvalue weighted by Crippen LogP contribution is 2.28. The van der Waals surface area contributed by atoms with Crippen molar-refractivity contribution in [2.75, 3.05) is 11.9 Å². The summed E-state index contributed by atoms with van der Waals surface area (Å²) in [5.74, 6) is -2.23. The Morgan fingerprint density at radius 1 is 1.29 bits per heavy atom. The summed E-state index contributed by atoms with van der Waals surface area (Å²) in [6, 6.07) is 7.17. The van der Waals surface area contributed by atoms with Gasteiger partial charge in [0.15, 0.2) is 11.9 Å². The van der Waals surface area contributed by atoms with Crippen LogP contribution in [-0.4, -0.2) is 29.5 Å². The molecule has 0 aliphatic carbocycles. The molecule has 8 nitrogen and oxygen atoms in total. The van der Waals surface area contributed by atoms with E-state index in [-0.39, 0.29) is 28.6 Å². The van der Waals surface area contributed by atoms with E-state index < -0.39 is 34.4 Å². The first-order chi connectivity index (χ1) is 13.2. The molecule has 10 heteroatoms. The van der Waals surface area contributed by atoms with Crippen LogP contribution in [0.15, 0.2) is 36.4 Å². The number of carbonyl (C=O) groups excluding carboxylic acids is 2. The van der Waals surface area contributed by atoms with Crippen LogP contribution in [0, 0.1) is 15.9 Å². The van der Waals surface area contributed by atoms with Crippen molar-refractivity contribution in [3.8, 4) is 5.75 Å². The quantitative estimate of drug-likeness (QED) is 0.420. The molecule has 0 radical (unpaired) electrons. The largest absolute Gasteiger partial charge is 0.487 e. The lowest BCUT2D eigenvalue weighted by atomic mass is 10.2. The van der Waals surface area contributed by atoms with Crippen molar-refractivity contribution in [3.05, 3.63) is 62.9 Å². The van der Waals surface area contributed by atoms with Gasteiger partial charge in [-0.1, -0.05) is 11.6 Å². The second-order valence-corrected chi connectivity index (χ2v) is 5.95. The molecule has 0 spiro atoms. The average molecular weight is 411 g/mol. The van der Waals surface area contributed by atoms with Crippen LogP contribution in [0.4, 0.5) is 15.8 Å². The molecule has 2 rings (SSSR count). The normalized spacial score (nSPS) is 11.4. The highest BCUT2D eigenvalue weighted by atomic mass is 35.5. The molecule has 2 aromatic carbocycles. The number of hydrogen-bond donors (Lipinski definition) is 1. The lowest BCUT2D eigenvalue weighted by molar-refractivity contribution is -0.385. The Balaban J connectivity index is 2.08. The van der Waals surface area contributed by atoms with E-state index >= 15 is 0 Å². The number of nitro benzene ring substituents is 1. The highest BCUT2D eigenvalue weighted by Gasteiger charge is 2.23. The van der Waals surface area contributed by atoms with Crippen LogP contribution >= 0.6 is 11.6 Å². The molecule has 0 saturated heterocycles. The molecule has 0 fully saturated rings. The van der Waals surface area contributed by atoms with E-state index in [1.165, 1.54) is 31.2 Å². The molecule has 2 aromatic rings. The van der Waals surface area contributed by atoms with Gasteiger partial charge in [-0.15, -0.1) is 0 Å². The minimum Gasteiger partial charge on any atom is -0.487 e. The molecule has 1 amide bonds. The number of rotatable bonds is 7. The molecule has 148 valence electrons. The van der Waals surface area contributed by atoms with Crippen LogP contribution < -0.4 is 10.1 Å². The number of nitrogens with one attached hydrogen (secondary N) is 1. The van der Waals surface area contributed by atoms with Gasteiger partial charge in [-0.3, -0.25) is 14.9 Å². The van der Waals surface area contributed by atoms with Crippen LogP contribution in [0.2, 0.25) is 5.02 Å². The van der Waals surface area contributed by atoms with E-state index in [4.69, 9.17) is 21.1 Å². The summed E-state index contributed by atoms with van der Waals surface area (Å²) in [7, 11) is 0. The van der Waals surface area contributed by atoms with Crippen LogP contribution in [-0.2, 0) is 9.53 Å². The smallest absolute Gasteiger partial charge is 0.339 e. The predicted octanol–water partition coefficient (Wildman–Crippen LogP) is 3.97. The summed E-state index contributed by atoms with van der Waals surface area (Å²) < 4.78 is 23.3. The number of ether oxygens (including phenoxy) is 2. The lowest BCUT2D eigenvalue weighted by Gasteiger charge is -2.14. The molecule has 0 aliphatic heterocycles. The SMILES string of the molecule is CCOc1ccc(C(=O)O[C@H](C)C(=O)Nc2ccc(F)c(Cl)c2)cc1[N+](=O)[O-]. The number of nitrogens with zero attached hydrogens (tertiary/aromatic N) is 1. The average Bonchev–Trinajstić information content (AvgIpc) is 2.64. The zero-order chi connectivity index (χ0) is 20.8.